The van der Waals surface area contributed by atoms with Gasteiger partial charge in [-0.3, -0.25) is 9.59 Å². The lowest BCUT2D eigenvalue weighted by atomic mass is 9.83. The Labute approximate surface area is 154 Å². The molecule has 0 saturated carbocycles. The molecule has 4 nitrogen and oxygen atoms in total. The predicted octanol–water partition coefficient (Wildman–Crippen LogP) is 5.06. The van der Waals surface area contributed by atoms with E-state index in [1.54, 1.807) is 0 Å². The van der Waals surface area contributed by atoms with Crippen LogP contribution in [0.1, 0.15) is 61.5 Å². The third-order valence-electron chi connectivity index (χ3n) is 4.82. The van der Waals surface area contributed by atoms with E-state index in [4.69, 9.17) is 10.2 Å². The molecule has 0 heterocycles. The van der Waals surface area contributed by atoms with Crippen molar-refractivity contribution in [2.75, 3.05) is 0 Å². The fourth-order valence-corrected chi connectivity index (χ4v) is 3.40. The third kappa shape index (κ3) is 6.71. The van der Waals surface area contributed by atoms with Gasteiger partial charge in [0, 0.05) is 12.8 Å². The lowest BCUT2D eigenvalue weighted by Gasteiger charge is -2.22. The average Bonchev–Trinajstić information content (AvgIpc) is 2.65. The first-order valence-electron chi connectivity index (χ1n) is 9.09. The van der Waals surface area contributed by atoms with E-state index in [0.29, 0.717) is 12.8 Å². The van der Waals surface area contributed by atoms with Crippen molar-refractivity contribution in [1.29, 1.82) is 0 Å². The van der Waals surface area contributed by atoms with Gasteiger partial charge in [-0.2, -0.15) is 0 Å². The fourth-order valence-electron chi connectivity index (χ4n) is 3.40. The molecule has 0 amide bonds. The summed E-state index contributed by atoms with van der Waals surface area (Å²) in [5, 5.41) is 18.1. The van der Waals surface area contributed by atoms with Crippen LogP contribution in [0, 0.1) is 0 Å². The second kappa shape index (κ2) is 10.4. The minimum atomic E-state index is -0.781. The van der Waals surface area contributed by atoms with E-state index in [0.717, 1.165) is 24.0 Å². The Balaban J connectivity index is 2.08. The highest BCUT2D eigenvalue weighted by Gasteiger charge is 2.18. The van der Waals surface area contributed by atoms with Crippen molar-refractivity contribution >= 4 is 11.9 Å². The van der Waals surface area contributed by atoms with E-state index >= 15 is 0 Å². The van der Waals surface area contributed by atoms with E-state index in [1.165, 1.54) is 0 Å². The Bertz CT molecular complexity index is 620. The molecule has 2 rings (SSSR count). The van der Waals surface area contributed by atoms with Crippen molar-refractivity contribution in [2.45, 2.75) is 50.4 Å². The van der Waals surface area contributed by atoms with Crippen molar-refractivity contribution < 1.29 is 19.8 Å². The Hall–Kier alpha value is -2.62. The SMILES string of the molecule is O=C(O)CCC(CCC(CCC(=O)O)c1ccccc1)c1ccccc1. The Morgan fingerprint density at radius 2 is 0.962 bits per heavy atom. The van der Waals surface area contributed by atoms with E-state index < -0.39 is 11.9 Å². The van der Waals surface area contributed by atoms with Crippen molar-refractivity contribution in [3.05, 3.63) is 71.8 Å². The number of rotatable bonds is 11. The van der Waals surface area contributed by atoms with Gasteiger partial charge in [0.15, 0.2) is 0 Å². The van der Waals surface area contributed by atoms with Crippen LogP contribution in [0.25, 0.3) is 0 Å². The van der Waals surface area contributed by atoms with Gasteiger partial charge in [-0.05, 0) is 48.6 Å². The Morgan fingerprint density at radius 3 is 1.27 bits per heavy atom. The van der Waals surface area contributed by atoms with Crippen LogP contribution in [-0.4, -0.2) is 22.2 Å². The molecule has 0 spiro atoms. The van der Waals surface area contributed by atoms with Crippen LogP contribution in [-0.2, 0) is 9.59 Å². The van der Waals surface area contributed by atoms with Gasteiger partial charge >= 0.3 is 11.9 Å². The highest BCUT2D eigenvalue weighted by atomic mass is 16.4. The molecule has 0 aromatic heterocycles. The van der Waals surface area contributed by atoms with Crippen LogP contribution in [0.2, 0.25) is 0 Å². The van der Waals surface area contributed by atoms with E-state index in [9.17, 15) is 9.59 Å². The standard InChI is InChI=1S/C22H26O4/c23-21(24)15-13-19(17-7-3-1-4-8-17)11-12-20(14-16-22(25)26)18-9-5-2-6-10-18/h1-10,19-20H,11-16H2,(H,23,24)(H,25,26). The van der Waals surface area contributed by atoms with Crippen LogP contribution < -0.4 is 0 Å². The molecule has 0 saturated heterocycles. The lowest BCUT2D eigenvalue weighted by Crippen LogP contribution is -2.08. The van der Waals surface area contributed by atoms with Crippen LogP contribution in [0.5, 0.6) is 0 Å². The number of carbonyl (C=O) groups is 2. The van der Waals surface area contributed by atoms with E-state index in [2.05, 4.69) is 0 Å². The summed E-state index contributed by atoms with van der Waals surface area (Å²) in [5.74, 6) is -1.22. The van der Waals surface area contributed by atoms with Crippen LogP contribution in [0.4, 0.5) is 0 Å². The number of carboxylic acid groups (broad SMARTS) is 2. The van der Waals surface area contributed by atoms with Crippen molar-refractivity contribution in [3.8, 4) is 0 Å². The van der Waals surface area contributed by atoms with Gasteiger partial charge in [0.05, 0.1) is 0 Å². The number of benzene rings is 2. The molecule has 0 radical (unpaired) electrons. The molecule has 0 bridgehead atoms. The summed E-state index contributed by atoms with van der Waals surface area (Å²) in [4.78, 5) is 22.0. The summed E-state index contributed by atoms with van der Waals surface area (Å²) in [5.41, 5.74) is 2.30. The van der Waals surface area contributed by atoms with Crippen molar-refractivity contribution in [3.63, 3.8) is 0 Å². The van der Waals surface area contributed by atoms with E-state index in [-0.39, 0.29) is 24.7 Å². The normalized spacial score (nSPS) is 13.1. The molecule has 0 aliphatic heterocycles. The molecule has 0 aliphatic carbocycles. The monoisotopic (exact) mass is 354 g/mol. The largest absolute Gasteiger partial charge is 0.481 e. The molecule has 2 aromatic carbocycles. The van der Waals surface area contributed by atoms with Crippen LogP contribution in [0.15, 0.2) is 60.7 Å². The number of hydrogen-bond donors (Lipinski definition) is 2. The average molecular weight is 354 g/mol. The van der Waals surface area contributed by atoms with Gasteiger partial charge in [0.25, 0.3) is 0 Å². The Kier molecular flexibility index (Phi) is 7.87. The smallest absolute Gasteiger partial charge is 0.303 e. The summed E-state index contributed by atoms with van der Waals surface area (Å²) in [7, 11) is 0. The lowest BCUT2D eigenvalue weighted by molar-refractivity contribution is -0.138. The number of aliphatic carboxylic acids is 2. The van der Waals surface area contributed by atoms with Crippen molar-refractivity contribution in [1.82, 2.24) is 0 Å². The van der Waals surface area contributed by atoms with Gasteiger partial charge in [0.2, 0.25) is 0 Å². The first-order chi connectivity index (χ1) is 12.6. The summed E-state index contributed by atoms with van der Waals surface area (Å²) in [6.07, 6.45) is 3.17. The molecule has 4 heteroatoms. The summed E-state index contributed by atoms with van der Waals surface area (Å²) in [6, 6.07) is 20.0. The van der Waals surface area contributed by atoms with Crippen molar-refractivity contribution in [2.24, 2.45) is 0 Å². The second-order valence-electron chi connectivity index (χ2n) is 6.66. The minimum Gasteiger partial charge on any atom is -0.481 e. The molecule has 26 heavy (non-hydrogen) atoms. The zero-order chi connectivity index (χ0) is 18.8. The molecule has 0 aliphatic rings. The van der Waals surface area contributed by atoms with Gasteiger partial charge in [-0.15, -0.1) is 0 Å². The van der Waals surface area contributed by atoms with Gasteiger partial charge in [0.1, 0.15) is 0 Å². The maximum absolute atomic E-state index is 11.0. The van der Waals surface area contributed by atoms with E-state index in [1.807, 2.05) is 60.7 Å². The third-order valence-corrected chi connectivity index (χ3v) is 4.82. The topological polar surface area (TPSA) is 74.6 Å². The molecule has 138 valence electrons. The van der Waals surface area contributed by atoms with Crippen LogP contribution >= 0.6 is 0 Å². The highest BCUT2D eigenvalue weighted by Crippen LogP contribution is 2.33. The molecule has 2 unspecified atom stereocenters. The molecule has 2 N–H and O–H groups in total. The zero-order valence-electron chi connectivity index (χ0n) is 14.9. The van der Waals surface area contributed by atoms with Gasteiger partial charge in [-0.1, -0.05) is 60.7 Å². The van der Waals surface area contributed by atoms with Crippen LogP contribution in [0.3, 0.4) is 0 Å². The minimum absolute atomic E-state index is 0.144. The molecular formula is C22H26O4. The van der Waals surface area contributed by atoms with Gasteiger partial charge in [-0.25, -0.2) is 0 Å². The molecule has 0 fully saturated rings. The molecular weight excluding hydrogens is 328 g/mol. The first-order valence-corrected chi connectivity index (χ1v) is 9.09. The first kappa shape index (κ1) is 19.7. The predicted molar refractivity (Wildman–Crippen MR) is 101 cm³/mol. The fraction of sp³-hybridized carbons (Fsp3) is 0.364. The zero-order valence-corrected chi connectivity index (χ0v) is 14.9. The summed E-state index contributed by atoms with van der Waals surface area (Å²) >= 11 is 0. The molecule has 2 aromatic rings. The molecule has 2 atom stereocenters. The highest BCUT2D eigenvalue weighted by molar-refractivity contribution is 5.67. The Morgan fingerprint density at radius 1 is 0.615 bits per heavy atom. The number of carboxylic acids is 2. The quantitative estimate of drug-likeness (QED) is 0.591. The number of hydrogen-bond acceptors (Lipinski definition) is 2. The second-order valence-corrected chi connectivity index (χ2v) is 6.66. The maximum Gasteiger partial charge on any atom is 0.303 e. The summed E-state index contributed by atoms with van der Waals surface area (Å²) < 4.78 is 0. The summed E-state index contributed by atoms with van der Waals surface area (Å²) in [6.45, 7) is 0. The maximum atomic E-state index is 11.0. The van der Waals surface area contributed by atoms with Gasteiger partial charge < -0.3 is 10.2 Å².